The van der Waals surface area contributed by atoms with E-state index in [4.69, 9.17) is 28.4 Å². The Morgan fingerprint density at radius 2 is 0.979 bits per heavy atom. The van der Waals surface area contributed by atoms with Crippen LogP contribution in [0.1, 0.15) is 36.0 Å². The fourth-order valence-corrected chi connectivity index (χ4v) is 7.40. The molecule has 6 aliphatic heterocycles. The van der Waals surface area contributed by atoms with Gasteiger partial charge in [-0.1, -0.05) is 97.1 Å². The molecule has 6 saturated heterocycles. The van der Waals surface area contributed by atoms with Crippen molar-refractivity contribution >= 4 is 6.08 Å². The van der Waals surface area contributed by atoms with Gasteiger partial charge in [-0.2, -0.15) is 0 Å². The lowest BCUT2D eigenvalue weighted by Gasteiger charge is -2.31. The Morgan fingerprint density at radius 3 is 1.50 bits per heavy atom. The minimum absolute atomic E-state index is 0.114. The van der Waals surface area contributed by atoms with Gasteiger partial charge in [-0.3, -0.25) is 0 Å². The molecule has 48 heavy (non-hydrogen) atoms. The number of aliphatic hydroxyl groups is 3. The summed E-state index contributed by atoms with van der Waals surface area (Å²) in [6.45, 7) is 1.86. The molecule has 11 atom stereocenters. The Kier molecular flexibility index (Phi) is 11.0. The average molecular weight is 659 g/mol. The smallest absolute Gasteiger partial charge is 0.187 e. The number of aliphatic hydroxyl groups excluding tert-OH is 3. The molecule has 9 heteroatoms. The van der Waals surface area contributed by atoms with Crippen molar-refractivity contribution in [3.63, 3.8) is 0 Å². The summed E-state index contributed by atoms with van der Waals surface area (Å²) in [5.41, 5.74) is 4.66. The largest absolute Gasteiger partial charge is 0.388 e. The summed E-state index contributed by atoms with van der Waals surface area (Å²) in [6.07, 6.45) is 4.01. The average Bonchev–Trinajstić information content (AvgIpc) is 3.85. The summed E-state index contributed by atoms with van der Waals surface area (Å²) < 4.78 is 32.6. The standard InChI is InChI=1S/2C13H16O3.C13H14O3/c3*14-12-10(6-9-4-2-1-3-5-9)7-11-8-15-13(12)16-11/h2*1-5,10-14H,6-8H2;1-6,11-14H,7-8H2/b;;10-6+/t10-,11+,12+,13-;10-,11-,12-,13+;11-,12-,13+/m100/s1. The molecule has 6 aliphatic rings. The van der Waals surface area contributed by atoms with E-state index >= 15 is 0 Å². The molecule has 6 heterocycles. The van der Waals surface area contributed by atoms with Crippen molar-refractivity contribution in [3.8, 4) is 0 Å². The quantitative estimate of drug-likeness (QED) is 0.370. The van der Waals surface area contributed by atoms with Gasteiger partial charge in [0.2, 0.25) is 0 Å². The van der Waals surface area contributed by atoms with Crippen molar-refractivity contribution in [1.29, 1.82) is 0 Å². The summed E-state index contributed by atoms with van der Waals surface area (Å²) in [5, 5.41) is 30.1. The van der Waals surface area contributed by atoms with Gasteiger partial charge in [0.05, 0.1) is 38.1 Å². The Hall–Kier alpha value is -2.96. The first-order chi connectivity index (χ1) is 23.5. The van der Waals surface area contributed by atoms with E-state index in [-0.39, 0.29) is 30.1 Å². The van der Waals surface area contributed by atoms with Crippen LogP contribution in [0.25, 0.3) is 6.08 Å². The minimum Gasteiger partial charge on any atom is -0.388 e. The molecule has 9 nitrogen and oxygen atoms in total. The van der Waals surface area contributed by atoms with Gasteiger partial charge in [0.15, 0.2) is 18.9 Å². The van der Waals surface area contributed by atoms with Crippen LogP contribution in [0.15, 0.2) is 96.6 Å². The maximum atomic E-state index is 10.1. The van der Waals surface area contributed by atoms with Crippen LogP contribution in [0, 0.1) is 11.8 Å². The highest BCUT2D eigenvalue weighted by molar-refractivity contribution is 5.54. The van der Waals surface area contributed by atoms with E-state index in [1.807, 2.05) is 72.8 Å². The van der Waals surface area contributed by atoms with Crippen LogP contribution in [0.4, 0.5) is 0 Å². The molecule has 3 N–H and O–H groups in total. The number of hydrogen-bond acceptors (Lipinski definition) is 9. The Morgan fingerprint density at radius 1 is 0.542 bits per heavy atom. The number of hydrogen-bond donors (Lipinski definition) is 3. The third-order valence-corrected chi connectivity index (χ3v) is 9.91. The number of benzene rings is 3. The van der Waals surface area contributed by atoms with Crippen molar-refractivity contribution in [3.05, 3.63) is 113 Å². The third kappa shape index (κ3) is 8.25. The van der Waals surface area contributed by atoms with E-state index in [2.05, 4.69) is 24.3 Å². The van der Waals surface area contributed by atoms with Gasteiger partial charge in [-0.15, -0.1) is 0 Å². The van der Waals surface area contributed by atoms with Crippen LogP contribution >= 0.6 is 0 Å². The molecule has 0 spiro atoms. The number of rotatable bonds is 5. The summed E-state index contributed by atoms with van der Waals surface area (Å²) in [5.74, 6) is 0.516. The highest BCUT2D eigenvalue weighted by atomic mass is 16.7. The molecule has 0 saturated carbocycles. The first-order valence-electron chi connectivity index (χ1n) is 17.2. The molecule has 9 rings (SSSR count). The molecule has 3 aromatic carbocycles. The van der Waals surface area contributed by atoms with Gasteiger partial charge in [0, 0.05) is 0 Å². The zero-order valence-electron chi connectivity index (χ0n) is 27.0. The van der Waals surface area contributed by atoms with Crippen LogP contribution in [-0.2, 0) is 41.3 Å². The summed E-state index contributed by atoms with van der Waals surface area (Å²) >= 11 is 0. The summed E-state index contributed by atoms with van der Waals surface area (Å²) in [7, 11) is 0. The highest BCUT2D eigenvalue weighted by Gasteiger charge is 2.44. The van der Waals surface area contributed by atoms with Gasteiger partial charge >= 0.3 is 0 Å². The third-order valence-electron chi connectivity index (χ3n) is 9.91. The molecule has 0 aromatic heterocycles. The lowest BCUT2D eigenvalue weighted by molar-refractivity contribution is -0.174. The number of ether oxygens (including phenoxy) is 6. The maximum Gasteiger partial charge on any atom is 0.187 e. The van der Waals surface area contributed by atoms with Crippen molar-refractivity contribution in [2.24, 2.45) is 11.8 Å². The Labute approximate surface area is 282 Å². The van der Waals surface area contributed by atoms with Crippen molar-refractivity contribution in [2.45, 2.75) is 87.6 Å². The maximum absolute atomic E-state index is 10.1. The van der Waals surface area contributed by atoms with E-state index < -0.39 is 37.2 Å². The van der Waals surface area contributed by atoms with Gasteiger partial charge in [0.1, 0.15) is 18.3 Å². The fraction of sp³-hybridized carbons (Fsp3) is 0.487. The zero-order chi connectivity index (χ0) is 32.9. The molecule has 3 aromatic rings. The van der Waals surface area contributed by atoms with Gasteiger partial charge in [-0.25, -0.2) is 0 Å². The van der Waals surface area contributed by atoms with E-state index in [1.165, 1.54) is 11.1 Å². The van der Waals surface area contributed by atoms with Crippen LogP contribution < -0.4 is 0 Å². The molecule has 256 valence electrons. The Balaban J connectivity index is 0.000000114. The molecule has 0 amide bonds. The minimum atomic E-state index is -0.626. The fourth-order valence-electron chi connectivity index (χ4n) is 7.40. The van der Waals surface area contributed by atoms with Gasteiger partial charge in [0.25, 0.3) is 0 Å². The monoisotopic (exact) mass is 658 g/mol. The van der Waals surface area contributed by atoms with Crippen LogP contribution in [0.5, 0.6) is 0 Å². The van der Waals surface area contributed by atoms with Gasteiger partial charge < -0.3 is 43.7 Å². The summed E-state index contributed by atoms with van der Waals surface area (Å²) in [4.78, 5) is 0. The van der Waals surface area contributed by atoms with E-state index in [1.54, 1.807) is 0 Å². The van der Waals surface area contributed by atoms with E-state index in [0.717, 1.165) is 43.2 Å². The molecule has 0 unspecified atom stereocenters. The molecule has 6 fully saturated rings. The predicted octanol–water partition coefficient (Wildman–Crippen LogP) is 4.28. The van der Waals surface area contributed by atoms with Crippen LogP contribution in [-0.4, -0.2) is 90.6 Å². The highest BCUT2D eigenvalue weighted by Crippen LogP contribution is 2.35. The molecule has 0 aliphatic carbocycles. The first-order valence-corrected chi connectivity index (χ1v) is 17.2. The molecule has 0 radical (unpaired) electrons. The molecular formula is C39H46O9. The number of fused-ring (bicyclic) bond motifs is 6. The van der Waals surface area contributed by atoms with Crippen molar-refractivity contribution in [2.75, 3.05) is 19.8 Å². The second kappa shape index (κ2) is 15.7. The molecule has 6 bridgehead atoms. The zero-order valence-corrected chi connectivity index (χ0v) is 27.0. The van der Waals surface area contributed by atoms with Gasteiger partial charge in [-0.05, 0) is 66.2 Å². The lowest BCUT2D eigenvalue weighted by atomic mass is 9.87. The molecular weight excluding hydrogens is 612 g/mol. The lowest BCUT2D eigenvalue weighted by Crippen LogP contribution is -2.41. The van der Waals surface area contributed by atoms with Crippen LogP contribution in [0.3, 0.4) is 0 Å². The Bertz CT molecular complexity index is 1380. The van der Waals surface area contributed by atoms with E-state index in [0.29, 0.717) is 19.8 Å². The normalized spacial score (nSPS) is 36.9. The second-order valence-corrected chi connectivity index (χ2v) is 13.5. The first kappa shape index (κ1) is 33.5. The SMILES string of the molecule is O[C@H]1/C(=C/c2ccccc2)C[C@H]2CO[C@@H]1O2.O[C@H]1[C@@H](Cc2ccccc2)C[C@H]2CO[C@@H]1O2.O[C@H]1[C@H](Cc2ccccc2)C[C@H]2CO[C@@H]1O2. The van der Waals surface area contributed by atoms with E-state index in [9.17, 15) is 15.3 Å². The van der Waals surface area contributed by atoms with Crippen molar-refractivity contribution in [1.82, 2.24) is 0 Å². The van der Waals surface area contributed by atoms with Crippen LogP contribution in [0.2, 0.25) is 0 Å². The summed E-state index contributed by atoms with van der Waals surface area (Å²) in [6, 6.07) is 30.6. The van der Waals surface area contributed by atoms with Crippen molar-refractivity contribution < 1.29 is 43.7 Å². The topological polar surface area (TPSA) is 116 Å². The predicted molar refractivity (Wildman–Crippen MR) is 177 cm³/mol. The second-order valence-electron chi connectivity index (χ2n) is 13.5.